The molecule has 0 amide bonds. The number of piperidine rings is 1. The lowest BCUT2D eigenvalue weighted by atomic mass is 9.84. The van der Waals surface area contributed by atoms with Gasteiger partial charge in [0.2, 0.25) is 0 Å². The second-order valence-corrected chi connectivity index (χ2v) is 5.05. The van der Waals surface area contributed by atoms with E-state index in [0.29, 0.717) is 5.92 Å². The van der Waals surface area contributed by atoms with E-state index in [0.717, 1.165) is 5.76 Å². The van der Waals surface area contributed by atoms with E-state index in [1.807, 2.05) is 6.26 Å². The normalized spacial score (nSPS) is 20.0. The third kappa shape index (κ3) is 1.33. The molecule has 5 rings (SSSR count). The van der Waals surface area contributed by atoms with Crippen LogP contribution in [0.2, 0.25) is 0 Å². The number of hydrogen-bond donors (Lipinski definition) is 0. The summed E-state index contributed by atoms with van der Waals surface area (Å²) < 4.78 is 5.81. The van der Waals surface area contributed by atoms with Crippen molar-refractivity contribution in [1.82, 2.24) is 4.90 Å². The fourth-order valence-corrected chi connectivity index (χ4v) is 3.10. The summed E-state index contributed by atoms with van der Waals surface area (Å²) in [6.45, 7) is 2.43. The first kappa shape index (κ1) is 9.34. The lowest BCUT2D eigenvalue weighted by Crippen LogP contribution is -2.35. The van der Waals surface area contributed by atoms with Crippen molar-refractivity contribution in [3.05, 3.63) is 42.5 Å². The van der Waals surface area contributed by atoms with Gasteiger partial charge < -0.3 is 9.32 Å². The van der Waals surface area contributed by atoms with E-state index in [9.17, 15) is 0 Å². The van der Waals surface area contributed by atoms with Gasteiger partial charge in [-0.15, -0.1) is 0 Å². The second kappa shape index (κ2) is 3.39. The van der Waals surface area contributed by atoms with Crippen LogP contribution >= 0.6 is 0 Å². The van der Waals surface area contributed by atoms with Gasteiger partial charge in [-0.2, -0.15) is 0 Å². The summed E-state index contributed by atoms with van der Waals surface area (Å²) >= 11 is 0. The average Bonchev–Trinajstić information content (AvgIpc) is 2.84. The third-order valence-electron chi connectivity index (χ3n) is 4.06. The van der Waals surface area contributed by atoms with Crippen LogP contribution in [0.15, 0.2) is 41.1 Å². The van der Waals surface area contributed by atoms with E-state index < -0.39 is 0 Å². The van der Waals surface area contributed by atoms with Gasteiger partial charge in [0.25, 0.3) is 0 Å². The average molecular weight is 225 g/mol. The van der Waals surface area contributed by atoms with Crippen LogP contribution in [-0.4, -0.2) is 18.0 Å². The molecule has 0 aliphatic carbocycles. The standard InChI is InChI=1S/C15H15NO/c1-2-4-13-12(3-1)10-17-15(13)14-9-16-7-5-11(14)6-8-16/h1-4,9-11H,5-8H2. The van der Waals surface area contributed by atoms with Crippen molar-refractivity contribution in [2.45, 2.75) is 12.8 Å². The monoisotopic (exact) mass is 225 g/mol. The number of rotatable bonds is 1. The van der Waals surface area contributed by atoms with Crippen LogP contribution in [0.5, 0.6) is 0 Å². The van der Waals surface area contributed by atoms with E-state index >= 15 is 0 Å². The van der Waals surface area contributed by atoms with Gasteiger partial charge in [0, 0.05) is 35.6 Å². The zero-order chi connectivity index (χ0) is 11.2. The maximum atomic E-state index is 5.81. The number of benzene rings is 1. The molecule has 2 heteroatoms. The molecule has 2 aromatic rings. The predicted octanol–water partition coefficient (Wildman–Crippen LogP) is 3.50. The Hall–Kier alpha value is -1.70. The summed E-state index contributed by atoms with van der Waals surface area (Å²) in [6.07, 6.45) is 6.74. The molecule has 0 N–H and O–H groups in total. The predicted molar refractivity (Wildman–Crippen MR) is 68.5 cm³/mol. The van der Waals surface area contributed by atoms with E-state index in [2.05, 4.69) is 35.4 Å². The van der Waals surface area contributed by atoms with E-state index in [1.165, 1.54) is 42.3 Å². The molecule has 0 unspecified atom stereocenters. The fourth-order valence-electron chi connectivity index (χ4n) is 3.10. The Labute approximate surface area is 101 Å². The molecule has 1 aromatic heterocycles. The molecular formula is C15H15NO. The molecule has 2 bridgehead atoms. The Morgan fingerprint density at radius 2 is 1.94 bits per heavy atom. The Morgan fingerprint density at radius 1 is 1.12 bits per heavy atom. The van der Waals surface area contributed by atoms with Gasteiger partial charge in [-0.1, -0.05) is 24.3 Å². The smallest absolute Gasteiger partial charge is 0.139 e. The molecule has 86 valence electrons. The van der Waals surface area contributed by atoms with Crippen LogP contribution in [-0.2, 0) is 0 Å². The highest BCUT2D eigenvalue weighted by molar-refractivity contribution is 5.92. The Morgan fingerprint density at radius 3 is 2.71 bits per heavy atom. The van der Waals surface area contributed by atoms with Crippen LogP contribution < -0.4 is 0 Å². The van der Waals surface area contributed by atoms with Crippen LogP contribution in [0.25, 0.3) is 16.3 Å². The maximum absolute atomic E-state index is 5.81. The summed E-state index contributed by atoms with van der Waals surface area (Å²) in [5.41, 5.74) is 1.41. The van der Waals surface area contributed by atoms with Crippen LogP contribution in [0.4, 0.5) is 0 Å². The number of furan rings is 1. The summed E-state index contributed by atoms with van der Waals surface area (Å²) in [5, 5.41) is 2.47. The summed E-state index contributed by atoms with van der Waals surface area (Å²) in [4.78, 5) is 2.42. The minimum atomic E-state index is 0.703. The van der Waals surface area contributed by atoms with Gasteiger partial charge in [-0.05, 0) is 18.8 Å². The van der Waals surface area contributed by atoms with Gasteiger partial charge in [0.1, 0.15) is 5.76 Å². The van der Waals surface area contributed by atoms with Crippen molar-refractivity contribution < 1.29 is 4.42 Å². The lowest BCUT2D eigenvalue weighted by molar-refractivity contribution is 0.250. The maximum Gasteiger partial charge on any atom is 0.139 e. The first-order valence-corrected chi connectivity index (χ1v) is 6.34. The Bertz CT molecular complexity index is 588. The molecule has 1 fully saturated rings. The topological polar surface area (TPSA) is 16.4 Å². The minimum absolute atomic E-state index is 0.703. The van der Waals surface area contributed by atoms with Crippen molar-refractivity contribution in [2.24, 2.45) is 5.92 Å². The highest BCUT2D eigenvalue weighted by atomic mass is 16.3. The molecule has 3 aliphatic heterocycles. The molecule has 4 heterocycles. The molecule has 0 radical (unpaired) electrons. The second-order valence-electron chi connectivity index (χ2n) is 5.05. The van der Waals surface area contributed by atoms with Gasteiger partial charge in [0.15, 0.2) is 0 Å². The molecular weight excluding hydrogens is 210 g/mol. The number of fused-ring (bicyclic) bond motifs is 3. The van der Waals surface area contributed by atoms with E-state index in [-0.39, 0.29) is 0 Å². The summed E-state index contributed by atoms with van der Waals surface area (Å²) in [6, 6.07) is 8.42. The van der Waals surface area contributed by atoms with Gasteiger partial charge >= 0.3 is 0 Å². The molecule has 1 saturated heterocycles. The van der Waals surface area contributed by atoms with Gasteiger partial charge in [-0.3, -0.25) is 0 Å². The van der Waals surface area contributed by atoms with E-state index in [4.69, 9.17) is 4.42 Å². The number of allylic oxidation sites excluding steroid dienone is 1. The highest BCUT2D eigenvalue weighted by Gasteiger charge is 2.30. The van der Waals surface area contributed by atoms with Crippen molar-refractivity contribution in [3.8, 4) is 0 Å². The quantitative estimate of drug-likeness (QED) is 0.738. The van der Waals surface area contributed by atoms with Crippen LogP contribution in [0.1, 0.15) is 18.6 Å². The summed E-state index contributed by atoms with van der Waals surface area (Å²) in [7, 11) is 0. The van der Waals surface area contributed by atoms with Crippen molar-refractivity contribution >= 4 is 16.3 Å². The first-order valence-electron chi connectivity index (χ1n) is 6.34. The van der Waals surface area contributed by atoms with Gasteiger partial charge in [0.05, 0.1) is 6.26 Å². The van der Waals surface area contributed by atoms with E-state index in [1.54, 1.807) is 0 Å². The first-order chi connectivity index (χ1) is 8.42. The molecule has 0 atom stereocenters. The number of hydrogen-bond acceptors (Lipinski definition) is 2. The molecule has 2 nitrogen and oxygen atoms in total. The summed E-state index contributed by atoms with van der Waals surface area (Å²) in [5.74, 6) is 1.80. The SMILES string of the molecule is C1=C(c2occ3ccccc23)C2CCN1CC2. The Balaban J connectivity index is 1.89. The van der Waals surface area contributed by atoms with Gasteiger partial charge in [-0.25, -0.2) is 0 Å². The fraction of sp³-hybridized carbons (Fsp3) is 0.333. The molecule has 1 aromatic carbocycles. The van der Waals surface area contributed by atoms with Crippen molar-refractivity contribution in [1.29, 1.82) is 0 Å². The lowest BCUT2D eigenvalue weighted by Gasteiger charge is -2.38. The molecule has 3 aliphatic rings. The van der Waals surface area contributed by atoms with Crippen molar-refractivity contribution in [3.63, 3.8) is 0 Å². The largest absolute Gasteiger partial charge is 0.463 e. The zero-order valence-corrected chi connectivity index (χ0v) is 9.73. The molecule has 0 saturated carbocycles. The molecule has 0 spiro atoms. The third-order valence-corrected chi connectivity index (χ3v) is 4.06. The zero-order valence-electron chi connectivity index (χ0n) is 9.73. The molecule has 17 heavy (non-hydrogen) atoms. The number of nitrogens with zero attached hydrogens (tertiary/aromatic N) is 1. The highest BCUT2D eigenvalue weighted by Crippen LogP contribution is 2.40. The Kier molecular flexibility index (Phi) is 1.87. The van der Waals surface area contributed by atoms with Crippen LogP contribution in [0.3, 0.4) is 0 Å². The van der Waals surface area contributed by atoms with Crippen molar-refractivity contribution in [2.75, 3.05) is 13.1 Å². The minimum Gasteiger partial charge on any atom is -0.463 e. The van der Waals surface area contributed by atoms with Crippen LogP contribution in [0, 0.1) is 5.92 Å².